The summed E-state index contributed by atoms with van der Waals surface area (Å²) in [4.78, 5) is 11.0. The number of carbonyl (C=O) groups is 1. The maximum absolute atomic E-state index is 11.0. The van der Waals surface area contributed by atoms with Gasteiger partial charge >= 0.3 is 5.97 Å². The van der Waals surface area contributed by atoms with Crippen molar-refractivity contribution >= 4 is 5.97 Å². The summed E-state index contributed by atoms with van der Waals surface area (Å²) < 4.78 is 0. The number of nitrogens with one attached hydrogen (secondary N) is 1. The summed E-state index contributed by atoms with van der Waals surface area (Å²) in [7, 11) is 0. The molecule has 4 atom stereocenters. The fourth-order valence-corrected chi connectivity index (χ4v) is 3.35. The summed E-state index contributed by atoms with van der Waals surface area (Å²) in [6, 6.07) is 0.447. The van der Waals surface area contributed by atoms with Gasteiger partial charge in [0.2, 0.25) is 0 Å². The molecule has 0 bridgehead atoms. The summed E-state index contributed by atoms with van der Waals surface area (Å²) in [5, 5.41) is 22.7. The Bertz CT molecular complexity index is 282. The number of carboxylic acid groups (broad SMARTS) is 1. The van der Waals surface area contributed by atoms with Gasteiger partial charge in [0.05, 0.1) is 12.0 Å². The van der Waals surface area contributed by atoms with Crippen molar-refractivity contribution in [3.8, 4) is 0 Å². The molecule has 104 valence electrons. The number of aliphatic carboxylic acids is 1. The number of hydrogen-bond acceptors (Lipinski definition) is 3. The largest absolute Gasteiger partial charge is 0.481 e. The van der Waals surface area contributed by atoms with Crippen molar-refractivity contribution in [1.82, 2.24) is 5.32 Å². The predicted molar refractivity (Wildman–Crippen MR) is 69.4 cm³/mol. The first-order chi connectivity index (χ1) is 8.66. The van der Waals surface area contributed by atoms with E-state index < -0.39 is 5.97 Å². The average molecular weight is 255 g/mol. The molecule has 4 unspecified atom stereocenters. The molecule has 18 heavy (non-hydrogen) atoms. The second kappa shape index (κ2) is 6.53. The van der Waals surface area contributed by atoms with Crippen molar-refractivity contribution < 1.29 is 15.0 Å². The molecule has 2 aliphatic rings. The van der Waals surface area contributed by atoms with Crippen LogP contribution in [-0.2, 0) is 4.79 Å². The smallest absolute Gasteiger partial charge is 0.306 e. The maximum Gasteiger partial charge on any atom is 0.306 e. The first-order valence-corrected chi connectivity index (χ1v) is 7.33. The minimum atomic E-state index is -0.664. The highest BCUT2D eigenvalue weighted by atomic mass is 16.4. The van der Waals surface area contributed by atoms with Gasteiger partial charge in [0.15, 0.2) is 0 Å². The zero-order valence-corrected chi connectivity index (χ0v) is 11.0. The number of rotatable bonds is 3. The summed E-state index contributed by atoms with van der Waals surface area (Å²) >= 11 is 0. The molecule has 2 fully saturated rings. The molecule has 2 rings (SSSR count). The van der Waals surface area contributed by atoms with Crippen LogP contribution >= 0.6 is 0 Å². The molecular weight excluding hydrogens is 230 g/mol. The minimum absolute atomic E-state index is 0.171. The lowest BCUT2D eigenvalue weighted by Gasteiger charge is -2.32. The van der Waals surface area contributed by atoms with Gasteiger partial charge in [-0.2, -0.15) is 0 Å². The van der Waals surface area contributed by atoms with Gasteiger partial charge in [-0.05, 0) is 32.1 Å². The van der Waals surface area contributed by atoms with E-state index in [0.29, 0.717) is 0 Å². The maximum atomic E-state index is 11.0. The van der Waals surface area contributed by atoms with Crippen LogP contribution in [0, 0.1) is 5.92 Å². The van der Waals surface area contributed by atoms with E-state index in [2.05, 4.69) is 5.32 Å². The first kappa shape index (κ1) is 13.8. The Balaban J connectivity index is 1.85. The number of aliphatic hydroxyl groups excluding tert-OH is 1. The third kappa shape index (κ3) is 3.69. The van der Waals surface area contributed by atoms with E-state index in [9.17, 15) is 9.90 Å². The molecule has 4 heteroatoms. The Morgan fingerprint density at radius 3 is 2.56 bits per heavy atom. The van der Waals surface area contributed by atoms with Crippen molar-refractivity contribution in [2.75, 3.05) is 0 Å². The summed E-state index contributed by atoms with van der Waals surface area (Å²) in [5.41, 5.74) is 0. The van der Waals surface area contributed by atoms with E-state index in [1.165, 1.54) is 12.8 Å². The van der Waals surface area contributed by atoms with Crippen LogP contribution in [0.15, 0.2) is 0 Å². The second-order valence-corrected chi connectivity index (χ2v) is 5.88. The SMILES string of the molecule is O=C(O)C1CCCC(NC2CCCCCC2O)C1. The van der Waals surface area contributed by atoms with Gasteiger partial charge < -0.3 is 15.5 Å². The molecule has 2 aliphatic carbocycles. The van der Waals surface area contributed by atoms with E-state index in [1.54, 1.807) is 0 Å². The van der Waals surface area contributed by atoms with Crippen LogP contribution in [0.1, 0.15) is 57.8 Å². The van der Waals surface area contributed by atoms with Gasteiger partial charge in [0, 0.05) is 12.1 Å². The lowest BCUT2D eigenvalue weighted by atomic mass is 9.85. The molecule has 0 heterocycles. The minimum Gasteiger partial charge on any atom is -0.481 e. The third-order valence-electron chi connectivity index (χ3n) is 4.45. The zero-order chi connectivity index (χ0) is 13.0. The highest BCUT2D eigenvalue weighted by Gasteiger charge is 2.30. The zero-order valence-electron chi connectivity index (χ0n) is 11.0. The standard InChI is InChI=1S/C14H25NO3/c16-13-8-3-1-2-7-12(13)15-11-6-4-5-10(9-11)14(17)18/h10-13,15-16H,1-9H2,(H,17,18). The molecule has 0 spiro atoms. The normalized spacial score (nSPS) is 38.1. The van der Waals surface area contributed by atoms with E-state index in [4.69, 9.17) is 5.11 Å². The number of hydrogen-bond donors (Lipinski definition) is 3. The summed E-state index contributed by atoms with van der Waals surface area (Å²) in [6.45, 7) is 0. The molecule has 0 aromatic carbocycles. The fraction of sp³-hybridized carbons (Fsp3) is 0.929. The monoisotopic (exact) mass is 255 g/mol. The third-order valence-corrected chi connectivity index (χ3v) is 4.45. The van der Waals surface area contributed by atoms with Crippen LogP contribution in [0.5, 0.6) is 0 Å². The summed E-state index contributed by atoms with van der Waals surface area (Å²) in [6.07, 6.45) is 8.70. The van der Waals surface area contributed by atoms with Crippen LogP contribution in [0.4, 0.5) is 0 Å². The van der Waals surface area contributed by atoms with Crippen LogP contribution in [-0.4, -0.2) is 34.4 Å². The molecule has 4 nitrogen and oxygen atoms in total. The van der Waals surface area contributed by atoms with Crippen LogP contribution in [0.25, 0.3) is 0 Å². The quantitative estimate of drug-likeness (QED) is 0.674. The number of aliphatic hydroxyl groups is 1. The average Bonchev–Trinajstić information content (AvgIpc) is 2.55. The highest BCUT2D eigenvalue weighted by molar-refractivity contribution is 5.70. The van der Waals surface area contributed by atoms with Gasteiger partial charge in [-0.1, -0.05) is 25.7 Å². The molecule has 0 aromatic heterocycles. The van der Waals surface area contributed by atoms with Gasteiger partial charge in [-0.15, -0.1) is 0 Å². The lowest BCUT2D eigenvalue weighted by molar-refractivity contribution is -0.143. The first-order valence-electron chi connectivity index (χ1n) is 7.33. The topological polar surface area (TPSA) is 69.6 Å². The van der Waals surface area contributed by atoms with Crippen molar-refractivity contribution in [1.29, 1.82) is 0 Å². The molecule has 0 radical (unpaired) electrons. The number of carboxylic acids is 1. The highest BCUT2D eigenvalue weighted by Crippen LogP contribution is 2.26. The lowest BCUT2D eigenvalue weighted by Crippen LogP contribution is -2.47. The van der Waals surface area contributed by atoms with Gasteiger partial charge in [0.25, 0.3) is 0 Å². The molecule has 3 N–H and O–H groups in total. The van der Waals surface area contributed by atoms with Crippen LogP contribution in [0.2, 0.25) is 0 Å². The Kier molecular flexibility index (Phi) is 5.01. The van der Waals surface area contributed by atoms with E-state index >= 15 is 0 Å². The molecule has 0 saturated heterocycles. The van der Waals surface area contributed by atoms with Gasteiger partial charge in [0.1, 0.15) is 0 Å². The van der Waals surface area contributed by atoms with E-state index in [1.807, 2.05) is 0 Å². The predicted octanol–water partition coefficient (Wildman–Crippen LogP) is 1.91. The van der Waals surface area contributed by atoms with Gasteiger partial charge in [-0.3, -0.25) is 4.79 Å². The van der Waals surface area contributed by atoms with Crippen molar-refractivity contribution in [3.63, 3.8) is 0 Å². The van der Waals surface area contributed by atoms with Crippen LogP contribution in [0.3, 0.4) is 0 Å². The Morgan fingerprint density at radius 1 is 1.00 bits per heavy atom. The fourth-order valence-electron chi connectivity index (χ4n) is 3.35. The molecule has 2 saturated carbocycles. The summed E-state index contributed by atoms with van der Waals surface area (Å²) in [5.74, 6) is -0.859. The van der Waals surface area contributed by atoms with Crippen molar-refractivity contribution in [2.24, 2.45) is 5.92 Å². The molecule has 0 aromatic rings. The Morgan fingerprint density at radius 2 is 1.78 bits per heavy atom. The van der Waals surface area contributed by atoms with E-state index in [0.717, 1.165) is 44.9 Å². The Labute approximate surface area is 109 Å². The van der Waals surface area contributed by atoms with E-state index in [-0.39, 0.29) is 24.1 Å². The Hall–Kier alpha value is -0.610. The molecule has 0 amide bonds. The van der Waals surface area contributed by atoms with Crippen LogP contribution < -0.4 is 5.32 Å². The second-order valence-electron chi connectivity index (χ2n) is 5.88. The van der Waals surface area contributed by atoms with Crippen molar-refractivity contribution in [2.45, 2.75) is 76.0 Å². The molecule has 0 aliphatic heterocycles. The van der Waals surface area contributed by atoms with Gasteiger partial charge in [-0.25, -0.2) is 0 Å². The van der Waals surface area contributed by atoms with Crippen molar-refractivity contribution in [3.05, 3.63) is 0 Å². The molecular formula is C14H25NO3.